The van der Waals surface area contributed by atoms with Crippen LogP contribution in [0.4, 0.5) is 4.39 Å². The van der Waals surface area contributed by atoms with Crippen LogP contribution in [-0.2, 0) is 0 Å². The molecule has 0 saturated carbocycles. The summed E-state index contributed by atoms with van der Waals surface area (Å²) < 4.78 is 13.3. The SMILES string of the molecule is Cc1cc(F)c(C#CCCN)cc1Cl. The predicted molar refractivity (Wildman–Crippen MR) is 56.7 cm³/mol. The Balaban J connectivity index is 3.00. The molecular weight excluding hydrogens is 201 g/mol. The molecule has 0 aliphatic rings. The van der Waals surface area contributed by atoms with Crippen molar-refractivity contribution in [2.24, 2.45) is 5.73 Å². The highest BCUT2D eigenvalue weighted by atomic mass is 35.5. The molecular formula is C11H11ClFN. The van der Waals surface area contributed by atoms with E-state index in [1.54, 1.807) is 6.92 Å². The van der Waals surface area contributed by atoms with Crippen molar-refractivity contribution >= 4 is 11.6 Å². The summed E-state index contributed by atoms with van der Waals surface area (Å²) in [7, 11) is 0. The van der Waals surface area contributed by atoms with Crippen LogP contribution in [0.15, 0.2) is 12.1 Å². The highest BCUT2D eigenvalue weighted by molar-refractivity contribution is 6.31. The Hall–Kier alpha value is -1.04. The number of nitrogens with two attached hydrogens (primary N) is 1. The van der Waals surface area contributed by atoms with Gasteiger partial charge in [-0.1, -0.05) is 23.4 Å². The van der Waals surface area contributed by atoms with E-state index in [0.717, 1.165) is 0 Å². The van der Waals surface area contributed by atoms with Gasteiger partial charge < -0.3 is 5.73 Å². The first-order chi connectivity index (χ1) is 6.65. The van der Waals surface area contributed by atoms with E-state index in [4.69, 9.17) is 17.3 Å². The zero-order chi connectivity index (χ0) is 10.6. The Kier molecular flexibility index (Phi) is 3.94. The second-order valence-corrected chi connectivity index (χ2v) is 3.33. The molecule has 0 aromatic heterocycles. The average molecular weight is 212 g/mol. The number of rotatable bonds is 1. The second-order valence-electron chi connectivity index (χ2n) is 2.92. The molecule has 74 valence electrons. The van der Waals surface area contributed by atoms with E-state index < -0.39 is 0 Å². The van der Waals surface area contributed by atoms with E-state index >= 15 is 0 Å². The molecule has 1 aromatic carbocycles. The maximum Gasteiger partial charge on any atom is 0.139 e. The topological polar surface area (TPSA) is 26.0 Å². The molecule has 0 spiro atoms. The highest BCUT2D eigenvalue weighted by Crippen LogP contribution is 2.19. The molecule has 0 radical (unpaired) electrons. The molecule has 2 N–H and O–H groups in total. The van der Waals surface area contributed by atoms with Gasteiger partial charge in [0, 0.05) is 18.0 Å². The van der Waals surface area contributed by atoms with Crippen LogP contribution in [0, 0.1) is 24.6 Å². The monoisotopic (exact) mass is 211 g/mol. The fourth-order valence-electron chi connectivity index (χ4n) is 0.972. The molecule has 0 aliphatic carbocycles. The smallest absolute Gasteiger partial charge is 0.139 e. The van der Waals surface area contributed by atoms with Gasteiger partial charge in [0.2, 0.25) is 0 Å². The molecule has 0 unspecified atom stereocenters. The van der Waals surface area contributed by atoms with Crippen LogP contribution in [0.1, 0.15) is 17.5 Å². The fourth-order valence-corrected chi connectivity index (χ4v) is 1.14. The molecule has 0 heterocycles. The molecule has 14 heavy (non-hydrogen) atoms. The molecule has 1 nitrogen and oxygen atoms in total. The van der Waals surface area contributed by atoms with E-state index in [1.807, 2.05) is 0 Å². The Morgan fingerprint density at radius 3 is 2.86 bits per heavy atom. The summed E-state index contributed by atoms with van der Waals surface area (Å²) in [5, 5.41) is 0.531. The van der Waals surface area contributed by atoms with Crippen LogP contribution in [0.3, 0.4) is 0 Å². The summed E-state index contributed by atoms with van der Waals surface area (Å²) in [6, 6.07) is 2.92. The average Bonchev–Trinajstić information content (AvgIpc) is 2.14. The zero-order valence-corrected chi connectivity index (χ0v) is 8.66. The Bertz CT molecular complexity index is 390. The molecule has 0 bridgehead atoms. The summed E-state index contributed by atoms with van der Waals surface area (Å²) in [5.41, 5.74) is 6.31. The standard InChI is InChI=1S/C11H11ClFN/c1-8-6-11(13)9(7-10(8)12)4-2-3-5-14/h6-7H,3,5,14H2,1H3. The van der Waals surface area contributed by atoms with Gasteiger partial charge >= 0.3 is 0 Å². The Morgan fingerprint density at radius 1 is 1.50 bits per heavy atom. The van der Waals surface area contributed by atoms with Gasteiger partial charge in [-0.2, -0.15) is 0 Å². The maximum absolute atomic E-state index is 13.3. The van der Waals surface area contributed by atoms with Gasteiger partial charge in [0.25, 0.3) is 0 Å². The second kappa shape index (κ2) is 4.99. The molecule has 1 aromatic rings. The van der Waals surface area contributed by atoms with Crippen LogP contribution in [-0.4, -0.2) is 6.54 Å². The lowest BCUT2D eigenvalue weighted by molar-refractivity contribution is 0.623. The summed E-state index contributed by atoms with van der Waals surface area (Å²) in [6.45, 7) is 2.23. The number of hydrogen-bond donors (Lipinski definition) is 1. The lowest BCUT2D eigenvalue weighted by atomic mass is 10.1. The van der Waals surface area contributed by atoms with Gasteiger partial charge in [0.05, 0.1) is 5.56 Å². The third-order valence-electron chi connectivity index (χ3n) is 1.74. The molecule has 0 fully saturated rings. The molecule has 3 heteroatoms. The summed E-state index contributed by atoms with van der Waals surface area (Å²) in [5.74, 6) is 5.12. The Morgan fingerprint density at radius 2 is 2.21 bits per heavy atom. The number of benzene rings is 1. The van der Waals surface area contributed by atoms with Crippen molar-refractivity contribution in [3.63, 3.8) is 0 Å². The third-order valence-corrected chi connectivity index (χ3v) is 2.15. The van der Waals surface area contributed by atoms with Crippen LogP contribution < -0.4 is 5.73 Å². The summed E-state index contributed by atoms with van der Waals surface area (Å²) in [6.07, 6.45) is 0.560. The van der Waals surface area contributed by atoms with E-state index in [9.17, 15) is 4.39 Å². The van der Waals surface area contributed by atoms with Crippen molar-refractivity contribution in [2.45, 2.75) is 13.3 Å². The van der Waals surface area contributed by atoms with Gasteiger partial charge in [0.15, 0.2) is 0 Å². The van der Waals surface area contributed by atoms with E-state index in [0.29, 0.717) is 29.1 Å². The van der Waals surface area contributed by atoms with Crippen LogP contribution >= 0.6 is 11.6 Å². The quantitative estimate of drug-likeness (QED) is 0.710. The zero-order valence-electron chi connectivity index (χ0n) is 7.90. The maximum atomic E-state index is 13.3. The van der Waals surface area contributed by atoms with Crippen molar-refractivity contribution in [3.05, 3.63) is 34.1 Å². The van der Waals surface area contributed by atoms with Crippen LogP contribution in [0.25, 0.3) is 0 Å². The molecule has 1 rings (SSSR count). The molecule has 0 atom stereocenters. The number of hydrogen-bond acceptors (Lipinski definition) is 1. The lowest BCUT2D eigenvalue weighted by Gasteiger charge is -1.99. The first kappa shape index (κ1) is 11.0. The predicted octanol–water partition coefficient (Wildman–Crippen LogP) is 2.49. The minimum Gasteiger partial charge on any atom is -0.330 e. The van der Waals surface area contributed by atoms with Crippen molar-refractivity contribution in [1.29, 1.82) is 0 Å². The van der Waals surface area contributed by atoms with Crippen molar-refractivity contribution < 1.29 is 4.39 Å². The van der Waals surface area contributed by atoms with E-state index in [-0.39, 0.29) is 5.82 Å². The third kappa shape index (κ3) is 2.73. The van der Waals surface area contributed by atoms with Crippen LogP contribution in [0.2, 0.25) is 5.02 Å². The minimum atomic E-state index is -0.337. The normalized spacial score (nSPS) is 9.43. The first-order valence-electron chi connectivity index (χ1n) is 4.29. The highest BCUT2D eigenvalue weighted by Gasteiger charge is 2.02. The first-order valence-corrected chi connectivity index (χ1v) is 4.67. The van der Waals surface area contributed by atoms with Gasteiger partial charge in [-0.15, -0.1) is 0 Å². The minimum absolute atomic E-state index is 0.328. The molecule has 0 amide bonds. The largest absolute Gasteiger partial charge is 0.330 e. The van der Waals surface area contributed by atoms with E-state index in [2.05, 4.69) is 11.8 Å². The van der Waals surface area contributed by atoms with Crippen LogP contribution in [0.5, 0.6) is 0 Å². The Labute approximate surface area is 88.1 Å². The molecule has 0 aliphatic heterocycles. The molecule has 0 saturated heterocycles. The van der Waals surface area contributed by atoms with Crippen molar-refractivity contribution in [2.75, 3.05) is 6.54 Å². The van der Waals surface area contributed by atoms with Crippen molar-refractivity contribution in [1.82, 2.24) is 0 Å². The van der Waals surface area contributed by atoms with Gasteiger partial charge in [-0.25, -0.2) is 4.39 Å². The number of aryl methyl sites for hydroxylation is 1. The number of halogens is 2. The van der Waals surface area contributed by atoms with E-state index in [1.165, 1.54) is 12.1 Å². The summed E-state index contributed by atoms with van der Waals surface area (Å²) >= 11 is 5.84. The van der Waals surface area contributed by atoms with Crippen molar-refractivity contribution in [3.8, 4) is 11.8 Å². The van der Waals surface area contributed by atoms with Gasteiger partial charge in [-0.05, 0) is 24.6 Å². The lowest BCUT2D eigenvalue weighted by Crippen LogP contribution is -1.95. The fraction of sp³-hybridized carbons (Fsp3) is 0.273. The van der Waals surface area contributed by atoms with Gasteiger partial charge in [-0.3, -0.25) is 0 Å². The summed E-state index contributed by atoms with van der Waals surface area (Å²) in [4.78, 5) is 0. The van der Waals surface area contributed by atoms with Gasteiger partial charge in [0.1, 0.15) is 5.82 Å².